The number of methoxy groups -OCH3 is 2. The Morgan fingerprint density at radius 1 is 0.392 bits per heavy atom. The van der Waals surface area contributed by atoms with E-state index in [1.165, 1.54) is 90.2 Å². The highest BCUT2D eigenvalue weighted by atomic mass is 32.1. The fraction of sp³-hybridized carbons (Fsp3) is 0.496. The third kappa shape index (κ3) is 57.2. The third-order valence-electron chi connectivity index (χ3n) is 22.8. The molecule has 0 atom stereocenters. The highest BCUT2D eigenvalue weighted by Gasteiger charge is 2.26. The largest absolute Gasteiger partial charge is 0.481 e. The maximum atomic E-state index is 12.2. The van der Waals surface area contributed by atoms with Gasteiger partial charge in [0.2, 0.25) is 0 Å². The molecule has 14 heterocycles. The van der Waals surface area contributed by atoms with E-state index in [2.05, 4.69) is 85.9 Å². The lowest BCUT2D eigenvalue weighted by molar-refractivity contribution is -0.137. The molecule has 2 saturated heterocycles. The van der Waals surface area contributed by atoms with E-state index in [1.54, 1.807) is 132 Å². The lowest BCUT2D eigenvalue weighted by Crippen LogP contribution is -2.36. The van der Waals surface area contributed by atoms with Crippen molar-refractivity contribution in [1.82, 2.24) is 35.2 Å². The summed E-state index contributed by atoms with van der Waals surface area (Å²) >= 11 is 18.1. The number of aliphatic hydroxyl groups is 1. The number of thiophene rings is 11. The molecule has 2 aliphatic heterocycles. The van der Waals surface area contributed by atoms with Crippen LogP contribution in [0.3, 0.4) is 0 Å². The summed E-state index contributed by atoms with van der Waals surface area (Å²) in [5.74, 6) is 3.52. The number of unbranched alkanes of at least 4 members (excludes halogenated alkanes) is 1. The minimum Gasteiger partial charge on any atom is -0.481 e. The molecule has 0 spiro atoms. The molecular weight excluding hydrogens is 2080 g/mol. The second kappa shape index (κ2) is 75.1. The molecule has 810 valence electrons. The topological polar surface area (TPSA) is 328 Å². The van der Waals surface area contributed by atoms with Crippen molar-refractivity contribution in [3.8, 4) is 0 Å². The Morgan fingerprint density at radius 3 is 1.06 bits per heavy atom. The lowest BCUT2D eigenvalue weighted by Gasteiger charge is -2.21. The Morgan fingerprint density at radius 2 is 0.730 bits per heavy atom. The Labute approximate surface area is 921 Å². The molecule has 4 N–H and O–H groups in total. The van der Waals surface area contributed by atoms with Crippen LogP contribution < -0.4 is 5.32 Å². The van der Waals surface area contributed by atoms with Gasteiger partial charge in [0.25, 0.3) is 12.4 Å². The van der Waals surface area contributed by atoms with Crippen LogP contribution in [0.2, 0.25) is 0 Å². The monoisotopic (exact) mass is 2230 g/mol. The Hall–Kier alpha value is -8.67. The number of ether oxygens (including phenoxy) is 4. The number of ketones is 8. The number of piperidine rings is 1. The summed E-state index contributed by atoms with van der Waals surface area (Å²) in [5.41, 5.74) is 10.3. The van der Waals surface area contributed by atoms with Crippen LogP contribution in [-0.2, 0) is 47.8 Å². The van der Waals surface area contributed by atoms with Crippen molar-refractivity contribution in [1.29, 1.82) is 0 Å². The Kier molecular flexibility index (Phi) is 65.9. The number of carbonyl (C=O) groups is 11. The maximum absolute atomic E-state index is 12.2. The van der Waals surface area contributed by atoms with Crippen molar-refractivity contribution < 1.29 is 81.9 Å². The van der Waals surface area contributed by atoms with E-state index in [0.29, 0.717) is 111 Å². The zero-order valence-corrected chi connectivity index (χ0v) is 98.6. The van der Waals surface area contributed by atoms with Crippen LogP contribution in [0.25, 0.3) is 0 Å². The zero-order valence-electron chi connectivity index (χ0n) is 89.6. The quantitative estimate of drug-likeness (QED) is 0.0156. The summed E-state index contributed by atoms with van der Waals surface area (Å²) in [6.07, 6.45) is 21.0. The summed E-state index contributed by atoms with van der Waals surface area (Å²) in [4.78, 5) is 148. The number of carboxylic acid groups (broad SMARTS) is 1. The van der Waals surface area contributed by atoms with E-state index >= 15 is 0 Å². The first-order valence-corrected chi connectivity index (χ1v) is 59.9. The van der Waals surface area contributed by atoms with E-state index in [0.717, 1.165) is 161 Å². The first-order valence-electron chi connectivity index (χ1n) is 50.2. The third-order valence-corrected chi connectivity index (χ3v) is 32.4. The molecule has 0 bridgehead atoms. The van der Waals surface area contributed by atoms with Crippen molar-refractivity contribution >= 4 is 189 Å². The van der Waals surface area contributed by atoms with Gasteiger partial charge in [-0.1, -0.05) is 6.92 Å². The number of hydrogen-bond acceptors (Lipinski definition) is 32. The first kappa shape index (κ1) is 130. The Bertz CT molecular complexity index is 5720. The average Bonchev–Trinajstić information content (AvgIpc) is 1.73. The molecule has 12 aromatic heterocycles. The molecule has 1 saturated carbocycles. The number of hydrogen-bond donors (Lipinski definition) is 4. The van der Waals surface area contributed by atoms with Crippen LogP contribution in [0.4, 0.5) is 0 Å². The van der Waals surface area contributed by atoms with Gasteiger partial charge in [0, 0.05) is 245 Å². The highest BCUT2D eigenvalue weighted by Crippen LogP contribution is 2.35. The van der Waals surface area contributed by atoms with Crippen molar-refractivity contribution in [2.24, 2.45) is 17.8 Å². The van der Waals surface area contributed by atoms with Gasteiger partial charge in [-0.2, -0.15) is 5.10 Å². The first-order chi connectivity index (χ1) is 70.9. The van der Waals surface area contributed by atoms with E-state index in [1.807, 2.05) is 198 Å². The summed E-state index contributed by atoms with van der Waals surface area (Å²) in [6.45, 7) is 33.2. The van der Waals surface area contributed by atoms with Gasteiger partial charge < -0.3 is 49.2 Å². The van der Waals surface area contributed by atoms with Crippen LogP contribution in [0, 0.1) is 93.9 Å². The van der Waals surface area contributed by atoms with Gasteiger partial charge in [0.1, 0.15) is 12.2 Å². The van der Waals surface area contributed by atoms with Crippen molar-refractivity contribution in [2.75, 3.05) is 121 Å². The number of aromatic amines is 1. The van der Waals surface area contributed by atoms with Crippen LogP contribution >= 0.6 is 125 Å². The van der Waals surface area contributed by atoms with E-state index in [9.17, 15) is 52.7 Å². The predicted molar refractivity (Wildman–Crippen MR) is 617 cm³/mol. The number of amides is 1. The van der Waals surface area contributed by atoms with E-state index in [4.69, 9.17) is 24.4 Å². The van der Waals surface area contributed by atoms with Crippen LogP contribution in [0.1, 0.15) is 299 Å². The number of H-pyrrole nitrogens is 1. The standard InChI is InChI=1S/C12H19NO3S.C12H17NOS.C12H16O2S.C11H17NOS.C11H19NS.C10H12OS.C9H9N3OS.C9H10O3S.2C9H12O2S.C9H12OS/c1-10-8-11(9-17-10)12(14)13(4-6-15-2)5-7-16-3;1-9-6-11(8-15-9)12(14)7-10-2-4-13-5-3-10;1-9-6-11(8-15-9)12(13)7-10-2-4-14-5-3-10;1-9-7-10(8-14-9)11(13)5-4-6-12(2)3;1-10-8-11(9-13-10)6-4-5-7-12(2)3;1-7-4-9(6-12-7)10(11)5-8-2-3-8;1-6-2-7(4-14-6)8(13)3-9-10-5-11-12-9;1-7-4-8(5-13-7)9(11)2-3-12-6-10;1-7-5-8(6-12-7)9(11)3-2-4-10;1-7-5-8(6-12-7)3-2-4-9(10)11;1-3-4-9(10)8-5-7(2)11-6-8/h8-9H,4-7H2,1-3H3;6,8,10,13H,2-5,7H2,1H3;6,8,10H,2-5,7H2,1H3;7-8H,4-6H2,1-3H3;8-9H,4-7H2,1-3H3;4,6,8H,2-3,5H2,1H3;2,4-5H,3H2,1H3,(H,10,11,12);4-6H,2-3H2,1H3;5-6,10H,2-4H2,1H3;5-6H,2-4H2,1H3,(H,10,11);5-6H,3-4H2,1-2H3. The maximum Gasteiger partial charge on any atom is 0.303 e. The van der Waals surface area contributed by atoms with Gasteiger partial charge in [-0.05, 0) is 327 Å². The van der Waals surface area contributed by atoms with Crippen LogP contribution in [-0.4, -0.2) is 226 Å². The number of aliphatic hydroxyl groups excluding tert-OH is 1. The van der Waals surface area contributed by atoms with Crippen LogP contribution in [0.5, 0.6) is 0 Å². The molecule has 3 aliphatic rings. The molecule has 15 rings (SSSR count). The summed E-state index contributed by atoms with van der Waals surface area (Å²) in [7, 11) is 11.6. The molecule has 0 radical (unpaired) electrons. The van der Waals surface area contributed by atoms with Crippen LogP contribution in [0.15, 0.2) is 132 Å². The number of carbonyl (C=O) groups excluding carboxylic acids is 10. The molecule has 1 aliphatic carbocycles. The molecule has 12 aromatic rings. The minimum atomic E-state index is -0.707. The number of aliphatic carboxylic acids is 1. The molecule has 0 unspecified atom stereocenters. The molecule has 35 heteroatoms. The van der Waals surface area contributed by atoms with E-state index < -0.39 is 5.97 Å². The zero-order chi connectivity index (χ0) is 109. The van der Waals surface area contributed by atoms with Gasteiger partial charge in [0.05, 0.1) is 31.8 Å². The number of aromatic nitrogens is 3. The van der Waals surface area contributed by atoms with Gasteiger partial charge in [-0.3, -0.25) is 57.8 Å². The Balaban J connectivity index is 0.000000287. The number of nitrogens with zero attached hydrogens (tertiary/aromatic N) is 5. The average molecular weight is 2240 g/mol. The molecule has 3 fully saturated rings. The number of rotatable bonds is 45. The number of aryl methyl sites for hydroxylation is 13. The molecular formula is C113H155N7O17S11. The minimum absolute atomic E-state index is 0.0196. The highest BCUT2D eigenvalue weighted by molar-refractivity contribution is 7.13. The van der Waals surface area contributed by atoms with Gasteiger partial charge in [0.15, 0.2) is 46.3 Å². The second-order valence-electron chi connectivity index (χ2n) is 36.9. The van der Waals surface area contributed by atoms with Gasteiger partial charge in [-0.15, -0.1) is 125 Å². The molecule has 1 amide bonds. The molecule has 24 nitrogen and oxygen atoms in total. The summed E-state index contributed by atoms with van der Waals surface area (Å²) in [5, 5.41) is 48.2. The normalized spacial score (nSPS) is 12.4. The van der Waals surface area contributed by atoms with Gasteiger partial charge in [-0.25, -0.2) is 4.98 Å². The van der Waals surface area contributed by atoms with Crippen molar-refractivity contribution in [2.45, 2.75) is 231 Å². The van der Waals surface area contributed by atoms with E-state index in [-0.39, 0.29) is 67.3 Å². The molecule has 148 heavy (non-hydrogen) atoms. The summed E-state index contributed by atoms with van der Waals surface area (Å²) < 4.78 is 19.7. The second-order valence-corrected chi connectivity index (χ2v) is 49.2. The smallest absolute Gasteiger partial charge is 0.303 e. The lowest BCUT2D eigenvalue weighted by atomic mass is 9.91. The number of nitrogens with one attached hydrogen (secondary N) is 2. The number of carboxylic acids is 1. The number of Topliss-reactive ketones (excluding diaryl/α,β-unsaturated/α-hetero) is 8. The SMILES string of the molecule is CCCC(=O)c1csc(C)c1.COCCN(CCOC)C(=O)c1csc(C)c1.Cc1cc(C(=O)CC2CC2)cs1.Cc1cc(C(=O)CC2CCNCC2)cs1.Cc1cc(C(=O)CC2CCOCC2)cs1.Cc1cc(C(=O)CCCN(C)C)cs1.Cc1cc(C(=O)CCCO)cs1.Cc1cc(C(=O)CCOC=O)cs1.Cc1cc(C(=O)Cc2ncn[nH]2)cs1.Cc1cc(CCCC(=O)O)cs1.Cc1cc(CCCCN(C)C)cs1. The predicted octanol–water partition coefficient (Wildman–Crippen LogP) is 27.0. The van der Waals surface area contributed by atoms with Crippen molar-refractivity contribution in [3.63, 3.8) is 0 Å². The molecule has 0 aromatic carbocycles. The summed E-state index contributed by atoms with van der Waals surface area (Å²) in [6, 6.07) is 21.9. The van der Waals surface area contributed by atoms with Gasteiger partial charge >= 0.3 is 5.97 Å². The fourth-order valence-corrected chi connectivity index (χ4v) is 22.3. The fourth-order valence-electron chi connectivity index (χ4n) is 14.5. The van der Waals surface area contributed by atoms with Crippen molar-refractivity contribution in [3.05, 3.63) is 253 Å².